The zero-order chi connectivity index (χ0) is 23.9. The highest BCUT2D eigenvalue weighted by atomic mass is 16.5. The van der Waals surface area contributed by atoms with E-state index in [2.05, 4.69) is 54.6 Å². The predicted molar refractivity (Wildman–Crippen MR) is 148 cm³/mol. The van der Waals surface area contributed by atoms with Gasteiger partial charge in [0.25, 0.3) is 0 Å². The van der Waals surface area contributed by atoms with Crippen molar-refractivity contribution in [2.75, 3.05) is 13.2 Å². The molecule has 0 spiro atoms. The van der Waals surface area contributed by atoms with Gasteiger partial charge in [0.15, 0.2) is 0 Å². The molecule has 0 aromatic heterocycles. The summed E-state index contributed by atoms with van der Waals surface area (Å²) in [6.07, 6.45) is 24.1. The lowest BCUT2D eigenvalue weighted by Gasteiger charge is -2.11. The molecule has 2 aromatic carbocycles. The Morgan fingerprint density at radius 3 is 1.35 bits per heavy atom. The van der Waals surface area contributed by atoms with Gasteiger partial charge in [-0.1, -0.05) is 151 Å². The molecule has 0 fully saturated rings. The van der Waals surface area contributed by atoms with E-state index in [1.807, 2.05) is 0 Å². The minimum absolute atomic E-state index is 0.362. The highest BCUT2D eigenvalue weighted by Crippen LogP contribution is 2.29. The number of ether oxygens (including phenoxy) is 1. The van der Waals surface area contributed by atoms with E-state index < -0.39 is 0 Å². The smallest absolute Gasteiger partial charge is 0.127 e. The summed E-state index contributed by atoms with van der Waals surface area (Å²) in [5.74, 6) is 1.00. The molecule has 0 atom stereocenters. The summed E-state index contributed by atoms with van der Waals surface area (Å²) in [4.78, 5) is 0. The molecule has 34 heavy (non-hydrogen) atoms. The van der Waals surface area contributed by atoms with Gasteiger partial charge in [0.1, 0.15) is 5.75 Å². The molecule has 0 amide bonds. The van der Waals surface area contributed by atoms with Crippen molar-refractivity contribution in [3.8, 4) is 16.9 Å². The average molecular weight is 467 g/mol. The van der Waals surface area contributed by atoms with Crippen LogP contribution in [-0.2, 0) is 0 Å². The first-order valence-electron chi connectivity index (χ1n) is 14.3. The summed E-state index contributed by atoms with van der Waals surface area (Å²) in [6.45, 7) is 1.18. The molecule has 0 unspecified atom stereocenters. The molecule has 0 heterocycles. The van der Waals surface area contributed by atoms with Crippen molar-refractivity contribution >= 4 is 0 Å². The van der Waals surface area contributed by atoms with Crippen LogP contribution in [-0.4, -0.2) is 18.3 Å². The quantitative estimate of drug-likeness (QED) is 0.175. The van der Waals surface area contributed by atoms with Gasteiger partial charge in [-0.3, -0.25) is 0 Å². The van der Waals surface area contributed by atoms with E-state index in [1.54, 1.807) is 0 Å². The Labute approximate surface area is 210 Å². The van der Waals surface area contributed by atoms with Crippen molar-refractivity contribution in [3.05, 3.63) is 54.6 Å². The number of hydrogen-bond donors (Lipinski definition) is 1. The lowest BCUT2D eigenvalue weighted by atomic mass is 10.0. The third-order valence-electron chi connectivity index (χ3n) is 6.78. The Kier molecular flexibility index (Phi) is 17.2. The maximum absolute atomic E-state index is 8.77. The second-order valence-corrected chi connectivity index (χ2v) is 9.80. The molecule has 0 aliphatic heterocycles. The van der Waals surface area contributed by atoms with Crippen LogP contribution in [0.4, 0.5) is 0 Å². The van der Waals surface area contributed by atoms with Gasteiger partial charge in [0.2, 0.25) is 0 Å². The lowest BCUT2D eigenvalue weighted by molar-refractivity contribution is 0.282. The molecule has 0 bridgehead atoms. The number of aliphatic hydroxyl groups excluding tert-OH is 1. The van der Waals surface area contributed by atoms with Gasteiger partial charge in [-0.05, 0) is 24.5 Å². The zero-order valence-electron chi connectivity index (χ0n) is 21.7. The molecule has 2 aromatic rings. The maximum Gasteiger partial charge on any atom is 0.127 e. The summed E-state index contributed by atoms with van der Waals surface area (Å²) in [6, 6.07) is 18.9. The van der Waals surface area contributed by atoms with Crippen LogP contribution in [0.2, 0.25) is 0 Å². The van der Waals surface area contributed by atoms with Gasteiger partial charge in [-0.2, -0.15) is 0 Å². The fourth-order valence-electron chi connectivity index (χ4n) is 4.67. The number of rotatable bonds is 22. The van der Waals surface area contributed by atoms with Gasteiger partial charge >= 0.3 is 0 Å². The van der Waals surface area contributed by atoms with Gasteiger partial charge in [-0.15, -0.1) is 0 Å². The van der Waals surface area contributed by atoms with Gasteiger partial charge < -0.3 is 9.84 Å². The zero-order valence-corrected chi connectivity index (χ0v) is 21.7. The molecule has 0 aliphatic carbocycles. The number of unbranched alkanes of at least 4 members (excludes halogenated alkanes) is 17. The Morgan fingerprint density at radius 2 is 0.853 bits per heavy atom. The molecule has 0 saturated heterocycles. The first kappa shape index (κ1) is 28.4. The van der Waals surface area contributed by atoms with E-state index in [4.69, 9.17) is 9.84 Å². The molecule has 2 rings (SSSR count). The van der Waals surface area contributed by atoms with E-state index in [0.29, 0.717) is 6.61 Å². The van der Waals surface area contributed by atoms with Gasteiger partial charge in [-0.25, -0.2) is 0 Å². The Morgan fingerprint density at radius 1 is 0.441 bits per heavy atom. The molecule has 0 saturated carbocycles. The fraction of sp³-hybridized carbons (Fsp3) is 0.625. The van der Waals surface area contributed by atoms with Crippen molar-refractivity contribution in [2.45, 2.75) is 116 Å². The van der Waals surface area contributed by atoms with Crippen molar-refractivity contribution in [1.29, 1.82) is 0 Å². The summed E-state index contributed by atoms with van der Waals surface area (Å²) in [5, 5.41) is 8.77. The number of aliphatic hydroxyl groups is 1. The average Bonchev–Trinajstić information content (AvgIpc) is 2.88. The van der Waals surface area contributed by atoms with Gasteiger partial charge in [0.05, 0.1) is 6.61 Å². The standard InChI is InChI=1S/C32H50O2/c33-28-22-15-13-11-9-7-5-3-1-2-4-6-8-10-12-14-16-23-29-34-32-27-21-20-26-31(32)30-24-18-17-19-25-30/h17-21,24-27,33H,1-16,22-23,28-29H2. The summed E-state index contributed by atoms with van der Waals surface area (Å²) in [7, 11) is 0. The SMILES string of the molecule is OCCCCCCCCCCCCCCCCCCCCOc1ccccc1-c1ccccc1. The number of hydrogen-bond acceptors (Lipinski definition) is 2. The van der Waals surface area contributed by atoms with E-state index in [1.165, 1.54) is 114 Å². The van der Waals surface area contributed by atoms with Crippen molar-refractivity contribution in [3.63, 3.8) is 0 Å². The van der Waals surface area contributed by atoms with Gasteiger partial charge in [0, 0.05) is 12.2 Å². The Balaban J connectivity index is 1.34. The molecule has 190 valence electrons. The first-order chi connectivity index (χ1) is 16.9. The highest BCUT2D eigenvalue weighted by Gasteiger charge is 2.05. The van der Waals surface area contributed by atoms with E-state index in [9.17, 15) is 0 Å². The normalized spacial score (nSPS) is 11.1. The highest BCUT2D eigenvalue weighted by molar-refractivity contribution is 5.70. The van der Waals surface area contributed by atoms with Crippen molar-refractivity contribution in [1.82, 2.24) is 0 Å². The summed E-state index contributed by atoms with van der Waals surface area (Å²) in [5.41, 5.74) is 2.41. The Bertz CT molecular complexity index is 697. The molecule has 2 nitrogen and oxygen atoms in total. The summed E-state index contributed by atoms with van der Waals surface area (Å²) < 4.78 is 6.12. The third kappa shape index (κ3) is 13.8. The van der Waals surface area contributed by atoms with Crippen LogP contribution in [0.5, 0.6) is 5.75 Å². The van der Waals surface area contributed by atoms with Crippen LogP contribution in [0, 0.1) is 0 Å². The maximum atomic E-state index is 8.77. The fourth-order valence-corrected chi connectivity index (χ4v) is 4.67. The second-order valence-electron chi connectivity index (χ2n) is 9.80. The topological polar surface area (TPSA) is 29.5 Å². The predicted octanol–water partition coefficient (Wildman–Crippen LogP) is 9.75. The van der Waals surface area contributed by atoms with Crippen molar-refractivity contribution < 1.29 is 9.84 Å². The van der Waals surface area contributed by atoms with Crippen LogP contribution in [0.3, 0.4) is 0 Å². The third-order valence-corrected chi connectivity index (χ3v) is 6.78. The second kappa shape index (κ2) is 20.6. The largest absolute Gasteiger partial charge is 0.493 e. The van der Waals surface area contributed by atoms with Crippen molar-refractivity contribution in [2.24, 2.45) is 0 Å². The molecule has 1 N–H and O–H groups in total. The van der Waals surface area contributed by atoms with Crippen LogP contribution >= 0.6 is 0 Å². The lowest BCUT2D eigenvalue weighted by Crippen LogP contribution is -1.98. The molecular formula is C32H50O2. The van der Waals surface area contributed by atoms with Crippen LogP contribution in [0.1, 0.15) is 116 Å². The van der Waals surface area contributed by atoms with Crippen LogP contribution < -0.4 is 4.74 Å². The first-order valence-corrected chi connectivity index (χ1v) is 14.3. The summed E-state index contributed by atoms with van der Waals surface area (Å²) >= 11 is 0. The minimum atomic E-state index is 0.362. The molecule has 2 heteroatoms. The minimum Gasteiger partial charge on any atom is -0.493 e. The van der Waals surface area contributed by atoms with E-state index >= 15 is 0 Å². The molecule has 0 radical (unpaired) electrons. The Hall–Kier alpha value is -1.80. The van der Waals surface area contributed by atoms with Crippen LogP contribution in [0.25, 0.3) is 11.1 Å². The van der Waals surface area contributed by atoms with E-state index in [-0.39, 0.29) is 0 Å². The number of benzene rings is 2. The van der Waals surface area contributed by atoms with E-state index in [0.717, 1.165) is 25.2 Å². The van der Waals surface area contributed by atoms with Crippen LogP contribution in [0.15, 0.2) is 54.6 Å². The molecular weight excluding hydrogens is 416 g/mol. The molecule has 0 aliphatic rings. The number of para-hydroxylation sites is 1. The monoisotopic (exact) mass is 466 g/mol.